The third-order valence-corrected chi connectivity index (χ3v) is 2.11. The summed E-state index contributed by atoms with van der Waals surface area (Å²) in [7, 11) is 1.30. The molecular weight excluding hydrogens is 238 g/mol. The molecule has 0 saturated carbocycles. The summed E-state index contributed by atoms with van der Waals surface area (Å²) in [5.41, 5.74) is 0.494. The van der Waals surface area contributed by atoms with Gasteiger partial charge < -0.3 is 9.84 Å². The summed E-state index contributed by atoms with van der Waals surface area (Å²) >= 11 is 3.04. The van der Waals surface area contributed by atoms with Crippen LogP contribution in [-0.2, 0) is 16.0 Å². The molecule has 5 heteroatoms. The van der Waals surface area contributed by atoms with Crippen LogP contribution in [0, 0.1) is 0 Å². The number of halogens is 1. The van der Waals surface area contributed by atoms with Crippen LogP contribution in [0.1, 0.15) is 5.56 Å². The lowest BCUT2D eigenvalue weighted by atomic mass is 10.2. The first-order valence-electron chi connectivity index (χ1n) is 3.54. The largest absolute Gasteiger partial charge is 0.505 e. The second-order valence-electron chi connectivity index (χ2n) is 2.36. The Labute approximate surface area is 83.7 Å². The van der Waals surface area contributed by atoms with E-state index < -0.39 is 5.97 Å². The number of pyridine rings is 1. The van der Waals surface area contributed by atoms with Crippen LogP contribution in [0.4, 0.5) is 0 Å². The molecule has 0 fully saturated rings. The van der Waals surface area contributed by atoms with Gasteiger partial charge in [0.2, 0.25) is 0 Å². The van der Waals surface area contributed by atoms with Crippen LogP contribution >= 0.6 is 15.9 Å². The van der Waals surface area contributed by atoms with E-state index in [0.717, 1.165) is 0 Å². The maximum Gasteiger partial charge on any atom is 0.310 e. The second-order valence-corrected chi connectivity index (χ2v) is 3.11. The molecule has 13 heavy (non-hydrogen) atoms. The van der Waals surface area contributed by atoms with Gasteiger partial charge in [-0.3, -0.25) is 4.79 Å². The third-order valence-electron chi connectivity index (χ3n) is 1.53. The van der Waals surface area contributed by atoms with E-state index in [1.165, 1.54) is 13.3 Å². The average molecular weight is 246 g/mol. The summed E-state index contributed by atoms with van der Waals surface area (Å²) in [6, 6.07) is 1.57. The van der Waals surface area contributed by atoms with Gasteiger partial charge in [-0.05, 0) is 22.0 Å². The number of aromatic nitrogens is 1. The van der Waals surface area contributed by atoms with Crippen molar-refractivity contribution in [2.45, 2.75) is 6.42 Å². The van der Waals surface area contributed by atoms with Gasteiger partial charge in [-0.1, -0.05) is 0 Å². The van der Waals surface area contributed by atoms with E-state index in [9.17, 15) is 9.90 Å². The standard InChI is InChI=1S/C8H8BrNO3/c1-13-6(11)4-5-2-3-10-8(9)7(5)12/h2-3,12H,4H2,1H3. The number of nitrogens with zero attached hydrogens (tertiary/aromatic N) is 1. The van der Waals surface area contributed by atoms with Crippen LogP contribution in [0.25, 0.3) is 0 Å². The molecule has 1 rings (SSSR count). The predicted molar refractivity (Wildman–Crippen MR) is 49.3 cm³/mol. The second kappa shape index (κ2) is 4.23. The lowest BCUT2D eigenvalue weighted by Crippen LogP contribution is -2.04. The monoisotopic (exact) mass is 245 g/mol. The molecular formula is C8H8BrNO3. The highest BCUT2D eigenvalue weighted by Crippen LogP contribution is 2.25. The summed E-state index contributed by atoms with van der Waals surface area (Å²) in [4.78, 5) is 14.7. The first kappa shape index (κ1) is 9.98. The quantitative estimate of drug-likeness (QED) is 0.630. The van der Waals surface area contributed by atoms with Crippen LogP contribution in [0.5, 0.6) is 5.75 Å². The summed E-state index contributed by atoms with van der Waals surface area (Å²) in [6.07, 6.45) is 1.55. The van der Waals surface area contributed by atoms with Crippen LogP contribution in [0.2, 0.25) is 0 Å². The van der Waals surface area contributed by atoms with Crippen LogP contribution in [0.15, 0.2) is 16.9 Å². The smallest absolute Gasteiger partial charge is 0.310 e. The maximum atomic E-state index is 10.9. The van der Waals surface area contributed by atoms with Gasteiger partial charge in [0.15, 0.2) is 5.75 Å². The molecule has 0 aliphatic heterocycles. The number of carbonyl (C=O) groups is 1. The molecule has 4 nitrogen and oxygen atoms in total. The van der Waals surface area contributed by atoms with E-state index in [1.54, 1.807) is 6.07 Å². The Bertz CT molecular complexity index is 327. The zero-order valence-electron chi connectivity index (χ0n) is 6.95. The first-order valence-corrected chi connectivity index (χ1v) is 4.33. The van der Waals surface area contributed by atoms with E-state index in [4.69, 9.17) is 0 Å². The number of hydrogen-bond acceptors (Lipinski definition) is 4. The molecule has 0 saturated heterocycles. The van der Waals surface area contributed by atoms with Crippen molar-refractivity contribution in [3.8, 4) is 5.75 Å². The van der Waals surface area contributed by atoms with Crippen molar-refractivity contribution < 1.29 is 14.6 Å². The Kier molecular flexibility index (Phi) is 3.25. The minimum atomic E-state index is -0.395. The molecule has 0 aromatic carbocycles. The number of methoxy groups -OCH3 is 1. The summed E-state index contributed by atoms with van der Waals surface area (Å²) < 4.78 is 4.79. The average Bonchev–Trinajstić information content (AvgIpc) is 2.13. The van der Waals surface area contributed by atoms with Gasteiger partial charge in [0.25, 0.3) is 0 Å². The Morgan fingerprint density at radius 2 is 2.46 bits per heavy atom. The van der Waals surface area contributed by atoms with Gasteiger partial charge in [0.05, 0.1) is 13.5 Å². The zero-order valence-corrected chi connectivity index (χ0v) is 8.54. The highest BCUT2D eigenvalue weighted by atomic mass is 79.9. The fourth-order valence-corrected chi connectivity index (χ4v) is 1.21. The van der Waals surface area contributed by atoms with Gasteiger partial charge in [-0.2, -0.15) is 0 Å². The molecule has 1 N–H and O–H groups in total. The molecule has 1 aromatic rings. The fourth-order valence-electron chi connectivity index (χ4n) is 0.836. The van der Waals surface area contributed by atoms with Crippen LogP contribution < -0.4 is 0 Å². The van der Waals surface area contributed by atoms with Gasteiger partial charge in [-0.25, -0.2) is 4.98 Å². The molecule has 1 aromatic heterocycles. The first-order chi connectivity index (χ1) is 6.15. The molecule has 70 valence electrons. The minimum Gasteiger partial charge on any atom is -0.505 e. The van der Waals surface area contributed by atoms with Crippen molar-refractivity contribution in [2.75, 3.05) is 7.11 Å². The number of ether oxygens (including phenoxy) is 1. The van der Waals surface area contributed by atoms with Crippen molar-refractivity contribution in [1.82, 2.24) is 4.98 Å². The van der Waals surface area contributed by atoms with Crippen molar-refractivity contribution in [1.29, 1.82) is 0 Å². The molecule has 0 aliphatic carbocycles. The Morgan fingerprint density at radius 3 is 3.08 bits per heavy atom. The molecule has 0 atom stereocenters. The summed E-state index contributed by atoms with van der Waals surface area (Å²) in [5, 5.41) is 9.42. The van der Waals surface area contributed by atoms with Crippen LogP contribution in [0.3, 0.4) is 0 Å². The van der Waals surface area contributed by atoms with Gasteiger partial charge >= 0.3 is 5.97 Å². The lowest BCUT2D eigenvalue weighted by molar-refractivity contribution is -0.139. The van der Waals surface area contributed by atoms with Gasteiger partial charge in [-0.15, -0.1) is 0 Å². The molecule has 0 spiro atoms. The number of rotatable bonds is 2. The number of hydrogen-bond donors (Lipinski definition) is 1. The van der Waals surface area contributed by atoms with Gasteiger partial charge in [0.1, 0.15) is 4.60 Å². The van der Waals surface area contributed by atoms with Crippen molar-refractivity contribution in [3.05, 3.63) is 22.4 Å². The summed E-state index contributed by atoms with van der Waals surface area (Å²) in [6.45, 7) is 0. The normalized spacial score (nSPS) is 9.69. The molecule has 1 heterocycles. The number of aromatic hydroxyl groups is 1. The topological polar surface area (TPSA) is 59.4 Å². The minimum absolute atomic E-state index is 0.0205. The molecule has 0 radical (unpaired) electrons. The van der Waals surface area contributed by atoms with Crippen molar-refractivity contribution in [3.63, 3.8) is 0 Å². The van der Waals surface area contributed by atoms with Crippen LogP contribution in [-0.4, -0.2) is 23.2 Å². The van der Waals surface area contributed by atoms with E-state index in [1.807, 2.05) is 0 Å². The van der Waals surface area contributed by atoms with Crippen molar-refractivity contribution in [2.24, 2.45) is 0 Å². The fraction of sp³-hybridized carbons (Fsp3) is 0.250. The molecule has 0 aliphatic rings. The maximum absolute atomic E-state index is 10.9. The number of esters is 1. The number of carbonyl (C=O) groups excluding carboxylic acids is 1. The van der Waals surface area contributed by atoms with Crippen molar-refractivity contribution >= 4 is 21.9 Å². The lowest BCUT2D eigenvalue weighted by Gasteiger charge is -2.03. The summed E-state index contributed by atoms with van der Waals surface area (Å²) in [5.74, 6) is -0.415. The van der Waals surface area contributed by atoms with E-state index in [0.29, 0.717) is 10.2 Å². The Hall–Kier alpha value is -1.10. The van der Waals surface area contributed by atoms with E-state index in [2.05, 4.69) is 25.7 Å². The highest BCUT2D eigenvalue weighted by Gasteiger charge is 2.10. The van der Waals surface area contributed by atoms with E-state index in [-0.39, 0.29) is 12.2 Å². The zero-order chi connectivity index (χ0) is 9.84. The Morgan fingerprint density at radius 1 is 1.77 bits per heavy atom. The predicted octanol–water partition coefficient (Wildman–Crippen LogP) is 1.27. The third kappa shape index (κ3) is 2.42. The molecule has 0 bridgehead atoms. The molecule has 0 amide bonds. The Balaban J connectivity index is 2.89. The highest BCUT2D eigenvalue weighted by molar-refractivity contribution is 9.10. The SMILES string of the molecule is COC(=O)Cc1ccnc(Br)c1O. The van der Waals surface area contributed by atoms with Gasteiger partial charge in [0, 0.05) is 11.8 Å². The molecule has 0 unspecified atom stereocenters. The van der Waals surface area contributed by atoms with E-state index >= 15 is 0 Å².